The van der Waals surface area contributed by atoms with Gasteiger partial charge in [-0.1, -0.05) is 44.2 Å². The number of benzene rings is 2. The highest BCUT2D eigenvalue weighted by molar-refractivity contribution is 7.79. The summed E-state index contributed by atoms with van der Waals surface area (Å²) in [5.74, 6) is 3.93. The van der Waals surface area contributed by atoms with Crippen LogP contribution in [0.25, 0.3) is 10.9 Å². The summed E-state index contributed by atoms with van der Waals surface area (Å²) in [7, 11) is -4.48. The molecule has 61 heavy (non-hydrogen) atoms. The minimum absolute atomic E-state index is 0.0807. The van der Waals surface area contributed by atoms with Gasteiger partial charge in [-0.3, -0.25) is 33.9 Å². The second-order valence-corrected chi connectivity index (χ2v) is 18.8. The summed E-state index contributed by atoms with van der Waals surface area (Å²) in [6.45, 7) is 6.74. The third-order valence-electron chi connectivity index (χ3n) is 15.2. The van der Waals surface area contributed by atoms with Crippen LogP contribution in [0.2, 0.25) is 0 Å². The molecule has 2 aromatic carbocycles. The van der Waals surface area contributed by atoms with E-state index in [0.717, 1.165) is 22.0 Å². The molecule has 1 aliphatic carbocycles. The second kappa shape index (κ2) is 15.0. The molecule has 17 nitrogen and oxygen atoms in total. The Morgan fingerprint density at radius 2 is 1.82 bits per heavy atom. The van der Waals surface area contributed by atoms with Crippen LogP contribution in [0.5, 0.6) is 5.75 Å². The molecule has 9 rings (SSSR count). The van der Waals surface area contributed by atoms with E-state index in [1.54, 1.807) is 7.05 Å². The number of nitrogens with two attached hydrogens (primary N) is 1. The number of rotatable bonds is 6. The summed E-state index contributed by atoms with van der Waals surface area (Å²) in [5, 5.41) is 38.2. The van der Waals surface area contributed by atoms with Gasteiger partial charge in [0.25, 0.3) is 5.91 Å². The van der Waals surface area contributed by atoms with Crippen molar-refractivity contribution >= 4 is 38.9 Å². The van der Waals surface area contributed by atoms with Crippen molar-refractivity contribution in [2.24, 2.45) is 17.2 Å². The summed E-state index contributed by atoms with van der Waals surface area (Å²) in [6, 6.07) is 10.1. The predicted octanol–water partition coefficient (Wildman–Crippen LogP) is 1.58. The van der Waals surface area contributed by atoms with Crippen LogP contribution in [0, 0.1) is 11.3 Å². The molecule has 1 saturated carbocycles. The van der Waals surface area contributed by atoms with Crippen molar-refractivity contribution in [2.75, 3.05) is 58.8 Å². The Hall–Kier alpha value is -4.11. The number of ether oxygens (including phenoxy) is 2. The molecule has 3 fully saturated rings. The van der Waals surface area contributed by atoms with Crippen molar-refractivity contribution < 1.29 is 56.0 Å². The van der Waals surface area contributed by atoms with E-state index < -0.39 is 68.9 Å². The van der Waals surface area contributed by atoms with Crippen molar-refractivity contribution in [3.8, 4) is 5.75 Å². The molecule has 10 atom stereocenters. The fourth-order valence-electron chi connectivity index (χ4n) is 13.1. The lowest BCUT2D eigenvalue weighted by Gasteiger charge is -2.63. The van der Waals surface area contributed by atoms with Crippen molar-refractivity contribution in [3.63, 3.8) is 0 Å². The van der Waals surface area contributed by atoms with Crippen molar-refractivity contribution in [2.45, 2.75) is 92.6 Å². The highest BCUT2D eigenvalue weighted by Gasteiger charge is 2.78. The van der Waals surface area contributed by atoms with Crippen LogP contribution in [-0.4, -0.2) is 143 Å². The molecule has 1 spiro atoms. The van der Waals surface area contributed by atoms with Gasteiger partial charge in [-0.15, -0.1) is 0 Å². The Bertz CT molecular complexity index is 2500. The summed E-state index contributed by atoms with van der Waals surface area (Å²) in [4.78, 5) is 39.6. The fraction of sp³-hybridized carbons (Fsp3) is 0.581. The number of carbonyl (C=O) groups excluding carboxylic acids is 2. The van der Waals surface area contributed by atoms with E-state index in [2.05, 4.69) is 20.2 Å². The smallest absolute Gasteiger partial charge is 0.394 e. The number of aromatic amines is 1. The highest BCUT2D eigenvalue weighted by Crippen LogP contribution is 2.67. The number of nitrogens with zero attached hydrogens (tertiary/aromatic N) is 3. The number of nitrogens with one attached hydrogen (secondary N) is 2. The minimum atomic E-state index is -4.67. The number of esters is 1. The van der Waals surface area contributed by atoms with Crippen LogP contribution in [0.15, 0.2) is 48.6 Å². The molecule has 6 heterocycles. The van der Waals surface area contributed by atoms with Crippen LogP contribution < -0.4 is 20.9 Å². The molecule has 3 aromatic rings. The van der Waals surface area contributed by atoms with E-state index in [0.29, 0.717) is 81.8 Å². The van der Waals surface area contributed by atoms with Crippen LogP contribution >= 0.6 is 0 Å². The Kier molecular flexibility index (Phi) is 9.78. The number of anilines is 1. The van der Waals surface area contributed by atoms with Crippen molar-refractivity contribution in [3.05, 3.63) is 70.9 Å². The maximum Gasteiger partial charge on any atom is 0.394 e. The van der Waals surface area contributed by atoms with Gasteiger partial charge >= 0.3 is 16.4 Å². The number of aliphatic hydroxyl groups excluding tert-OH is 1. The standard InChI is InChI=1S/C43H56N6O7.H2O4S/c1-6-39(53)21-25-22-42(38(52)56-5,33-27(13-17-48(23-25)24-39)26-11-8-9-12-30(26)45-33)29-19-28-31(20-32(29)55-4)47(3)35-41(28)15-18-49-16-10-14-40(7-2,34(41)49)36(50)43(35,54)37(51)46-44;1-5(2,3)4/h8-12,14,19-20,25,34-36,45,50,53-54H,6-7,13,15-18,21-24,44H2,1-5H3,(H,46,51);(H2,1,2,3,4)/t25-,34-,35+,36+,39+,40+,41+,42+,43-;/m0./s1/i5D3;. The number of para-hydroxylation sites is 1. The van der Waals surface area contributed by atoms with Gasteiger partial charge in [0, 0.05) is 84.0 Å². The number of piperidine rings is 1. The molecule has 1 unspecified atom stereocenters. The molecule has 1 amide bonds. The number of likely N-dealkylation sites (N-methyl/N-ethyl adjacent to an activating group) is 1. The lowest BCUT2D eigenvalue weighted by atomic mass is 9.47. The number of aliphatic hydroxyl groups is 3. The first kappa shape index (κ1) is 39.7. The van der Waals surface area contributed by atoms with E-state index in [-0.39, 0.29) is 24.1 Å². The maximum atomic E-state index is 15.5. The van der Waals surface area contributed by atoms with E-state index >= 15 is 4.79 Å². The Morgan fingerprint density at radius 3 is 2.49 bits per heavy atom. The summed E-state index contributed by atoms with van der Waals surface area (Å²) in [5.41, 5.74) is -1.26. The van der Waals surface area contributed by atoms with E-state index in [9.17, 15) is 20.1 Å². The van der Waals surface area contributed by atoms with Gasteiger partial charge in [0.15, 0.2) is 5.60 Å². The van der Waals surface area contributed by atoms with Gasteiger partial charge in [0.05, 0.1) is 29.9 Å². The topological polar surface area (TPSA) is 251 Å². The number of amides is 1. The molecule has 1 aromatic heterocycles. The fourth-order valence-corrected chi connectivity index (χ4v) is 13.1. The SMILES string of the molecule is O=S(=O)(O)O.[2H]C([2H])([2H])OC(=O)[C@@]1(c2cc3c(cc2OC)N(C)[C@H]2[C@@](O)(C(=O)NN)[C@H](O)[C@]4(CC)C=CCN5CC[C@]32[C@@H]54)C[C@H]2CN(CCc3c1[nH]c1ccccc31)C[C@@](O)(CC)C2. The largest absolute Gasteiger partial charge is 0.496 e. The average molecular weight is 870 g/mol. The molecule has 6 aliphatic rings. The number of methoxy groups -OCH3 is 2. The quantitative estimate of drug-likeness (QED) is 0.0438. The number of hydrogen-bond donors (Lipinski definition) is 8. The van der Waals surface area contributed by atoms with Gasteiger partial charge in [-0.2, -0.15) is 8.42 Å². The van der Waals surface area contributed by atoms with Gasteiger partial charge < -0.3 is 34.7 Å². The van der Waals surface area contributed by atoms with E-state index in [4.69, 9.17) is 37.0 Å². The second-order valence-electron chi connectivity index (χ2n) is 17.9. The van der Waals surface area contributed by atoms with Gasteiger partial charge in [0.2, 0.25) is 0 Å². The third kappa shape index (κ3) is 6.19. The average Bonchev–Trinajstić information content (AvgIpc) is 3.89. The van der Waals surface area contributed by atoms with E-state index in [1.807, 2.05) is 67.3 Å². The van der Waals surface area contributed by atoms with Crippen LogP contribution in [0.3, 0.4) is 0 Å². The molecule has 5 aliphatic heterocycles. The van der Waals surface area contributed by atoms with Crippen LogP contribution in [0.1, 0.15) is 72.4 Å². The molecular formula is C43H58N6O11S. The third-order valence-corrected chi connectivity index (χ3v) is 15.2. The molecular weight excluding hydrogens is 809 g/mol. The Balaban J connectivity index is 0.00000106. The number of hydrogen-bond acceptors (Lipinski definition) is 13. The summed E-state index contributed by atoms with van der Waals surface area (Å²) < 4.78 is 68.3. The molecule has 332 valence electrons. The number of fused-ring (bicyclic) bond motifs is 6. The zero-order valence-electron chi connectivity index (χ0n) is 37.7. The number of hydrazine groups is 1. The van der Waals surface area contributed by atoms with Gasteiger partial charge in [-0.05, 0) is 74.2 Å². The molecule has 2 saturated heterocycles. The van der Waals surface area contributed by atoms with Gasteiger partial charge in [-0.25, -0.2) is 5.84 Å². The van der Waals surface area contributed by atoms with Gasteiger partial charge in [0.1, 0.15) is 17.3 Å². The maximum absolute atomic E-state index is 15.5. The van der Waals surface area contributed by atoms with Crippen molar-refractivity contribution in [1.29, 1.82) is 0 Å². The first-order valence-electron chi connectivity index (χ1n) is 22.2. The zero-order valence-corrected chi connectivity index (χ0v) is 35.5. The minimum Gasteiger partial charge on any atom is -0.496 e. The Morgan fingerprint density at radius 1 is 1.08 bits per heavy atom. The molecule has 18 heteroatoms. The van der Waals surface area contributed by atoms with Crippen LogP contribution in [0.4, 0.5) is 5.69 Å². The first-order chi connectivity index (χ1) is 30.0. The number of H-pyrrole nitrogens is 1. The molecule has 9 N–H and O–H groups in total. The monoisotopic (exact) mass is 869 g/mol. The highest BCUT2D eigenvalue weighted by atomic mass is 32.3. The van der Waals surface area contributed by atoms with E-state index in [1.165, 1.54) is 7.11 Å². The summed E-state index contributed by atoms with van der Waals surface area (Å²) in [6.07, 6.45) is 4.74. The molecule has 2 bridgehead atoms. The lowest BCUT2D eigenvalue weighted by Crippen LogP contribution is -2.82. The number of aromatic nitrogens is 1. The normalized spacial score (nSPS) is 37.2. The first-order valence-corrected chi connectivity index (χ1v) is 22.1. The van der Waals surface area contributed by atoms with Crippen LogP contribution in [-0.2, 0) is 42.0 Å². The lowest BCUT2D eigenvalue weighted by molar-refractivity contribution is -0.203. The predicted molar refractivity (Wildman–Crippen MR) is 225 cm³/mol. The summed E-state index contributed by atoms with van der Waals surface area (Å²) >= 11 is 0. The zero-order chi connectivity index (χ0) is 46.6. The Labute approximate surface area is 359 Å². The molecule has 0 radical (unpaired) electrons. The van der Waals surface area contributed by atoms with Crippen molar-refractivity contribution in [1.82, 2.24) is 20.2 Å². The number of carbonyl (C=O) groups is 2.